The van der Waals surface area contributed by atoms with E-state index in [1.54, 1.807) is 24.3 Å². The lowest BCUT2D eigenvalue weighted by Crippen LogP contribution is -2.44. The molecule has 9 nitrogen and oxygen atoms in total. The summed E-state index contributed by atoms with van der Waals surface area (Å²) >= 11 is 5.82. The van der Waals surface area contributed by atoms with Crippen LogP contribution in [0.2, 0.25) is 5.02 Å². The number of piperazine rings is 1. The number of likely N-dealkylation sites (N-methyl/N-ethyl adjacent to an activating group) is 1. The quantitative estimate of drug-likeness (QED) is 0.306. The van der Waals surface area contributed by atoms with E-state index in [0.29, 0.717) is 16.8 Å². The number of rotatable bonds is 6. The Balaban J connectivity index is 1.83. The maximum Gasteiger partial charge on any atom is 0.337 e. The highest BCUT2D eigenvalue weighted by molar-refractivity contribution is 6.32. The molecule has 0 bridgehead atoms. The van der Waals surface area contributed by atoms with E-state index < -0.39 is 16.8 Å². The third-order valence-electron chi connectivity index (χ3n) is 5.11. The van der Waals surface area contributed by atoms with Crippen LogP contribution in [0.15, 0.2) is 42.5 Å². The van der Waals surface area contributed by atoms with Gasteiger partial charge in [0.1, 0.15) is 5.02 Å². The number of benzene rings is 2. The third-order valence-corrected chi connectivity index (χ3v) is 5.43. The minimum absolute atomic E-state index is 0.0213. The number of methoxy groups -OCH3 is 1. The molecule has 1 saturated heterocycles. The second kappa shape index (κ2) is 10.3. The Kier molecular flexibility index (Phi) is 7.45. The number of halogens is 1. The van der Waals surface area contributed by atoms with Crippen molar-refractivity contribution in [2.75, 3.05) is 50.6 Å². The zero-order chi connectivity index (χ0) is 23.3. The molecule has 0 radical (unpaired) electrons. The number of nitrogens with zero attached hydrogens (tertiary/aromatic N) is 3. The average Bonchev–Trinajstić information content (AvgIpc) is 2.78. The Labute approximate surface area is 190 Å². The number of nitro benzene ring substituents is 1. The van der Waals surface area contributed by atoms with Gasteiger partial charge in [-0.3, -0.25) is 14.9 Å². The molecule has 2 aromatic rings. The predicted molar refractivity (Wildman–Crippen MR) is 123 cm³/mol. The van der Waals surface area contributed by atoms with E-state index in [2.05, 4.69) is 15.1 Å². The maximum absolute atomic E-state index is 12.6. The summed E-state index contributed by atoms with van der Waals surface area (Å²) in [4.78, 5) is 39.4. The van der Waals surface area contributed by atoms with Gasteiger partial charge in [-0.2, -0.15) is 0 Å². The Bertz CT molecular complexity index is 1060. The van der Waals surface area contributed by atoms with Crippen LogP contribution in [0.4, 0.5) is 17.1 Å². The second-order valence-corrected chi connectivity index (χ2v) is 7.71. The zero-order valence-electron chi connectivity index (χ0n) is 17.7. The molecule has 0 unspecified atom stereocenters. The van der Waals surface area contributed by atoms with Crippen LogP contribution in [0, 0.1) is 10.1 Å². The number of nitro groups is 1. The van der Waals surface area contributed by atoms with Crippen molar-refractivity contribution in [2.45, 2.75) is 0 Å². The smallest absolute Gasteiger partial charge is 0.337 e. The van der Waals surface area contributed by atoms with Crippen LogP contribution in [0.5, 0.6) is 0 Å². The van der Waals surface area contributed by atoms with Gasteiger partial charge in [0.05, 0.1) is 29.0 Å². The van der Waals surface area contributed by atoms with Crippen LogP contribution in [-0.2, 0) is 9.53 Å². The molecule has 1 N–H and O–H groups in total. The summed E-state index contributed by atoms with van der Waals surface area (Å²) in [5, 5.41) is 13.9. The monoisotopic (exact) mass is 458 g/mol. The van der Waals surface area contributed by atoms with Crippen LogP contribution < -0.4 is 10.2 Å². The summed E-state index contributed by atoms with van der Waals surface area (Å²) in [6.07, 6.45) is 2.73. The lowest BCUT2D eigenvalue weighted by Gasteiger charge is -2.35. The van der Waals surface area contributed by atoms with E-state index in [1.807, 2.05) is 7.05 Å². The molecule has 1 aliphatic heterocycles. The Hall–Kier alpha value is -3.43. The molecule has 32 heavy (non-hydrogen) atoms. The summed E-state index contributed by atoms with van der Waals surface area (Å²) in [7, 11) is 3.34. The van der Waals surface area contributed by atoms with Crippen LogP contribution >= 0.6 is 11.6 Å². The van der Waals surface area contributed by atoms with Gasteiger partial charge in [-0.15, -0.1) is 0 Å². The van der Waals surface area contributed by atoms with Crippen molar-refractivity contribution in [3.8, 4) is 0 Å². The Morgan fingerprint density at radius 3 is 2.53 bits per heavy atom. The van der Waals surface area contributed by atoms with Gasteiger partial charge in [0.15, 0.2) is 0 Å². The first-order valence-corrected chi connectivity index (χ1v) is 10.2. The normalized spacial score (nSPS) is 14.4. The highest BCUT2D eigenvalue weighted by Crippen LogP contribution is 2.29. The molecule has 1 fully saturated rings. The van der Waals surface area contributed by atoms with Crippen LogP contribution in [0.3, 0.4) is 0 Å². The number of nitrogens with one attached hydrogen (secondary N) is 1. The van der Waals surface area contributed by atoms with Crippen molar-refractivity contribution < 1.29 is 19.2 Å². The largest absolute Gasteiger partial charge is 0.465 e. The van der Waals surface area contributed by atoms with E-state index in [9.17, 15) is 19.7 Å². The van der Waals surface area contributed by atoms with Gasteiger partial charge in [0.25, 0.3) is 5.69 Å². The average molecular weight is 459 g/mol. The van der Waals surface area contributed by atoms with E-state index in [1.165, 1.54) is 31.4 Å². The molecule has 0 spiro atoms. The van der Waals surface area contributed by atoms with E-state index in [-0.39, 0.29) is 10.7 Å². The van der Waals surface area contributed by atoms with Crippen molar-refractivity contribution in [3.05, 3.63) is 68.7 Å². The molecule has 1 amide bonds. The lowest BCUT2D eigenvalue weighted by molar-refractivity contribution is -0.384. The standard InChI is InChI=1S/C22H23ClN4O5/c1-25-9-11-26(12-10-25)19-7-5-16(22(29)32-2)14-18(19)24-21(28)8-4-15-3-6-17(23)20(13-15)27(30)31/h3-8,13-14H,9-12H2,1-2H3,(H,24,28)/b8-4+. The van der Waals surface area contributed by atoms with E-state index in [0.717, 1.165) is 31.9 Å². The van der Waals surface area contributed by atoms with Crippen molar-refractivity contribution in [2.24, 2.45) is 0 Å². The first-order valence-electron chi connectivity index (χ1n) is 9.87. The van der Waals surface area contributed by atoms with Crippen molar-refractivity contribution in [3.63, 3.8) is 0 Å². The third kappa shape index (κ3) is 5.63. The zero-order valence-corrected chi connectivity index (χ0v) is 18.5. The predicted octanol–water partition coefficient (Wildman–Crippen LogP) is 3.44. The summed E-state index contributed by atoms with van der Waals surface area (Å²) < 4.78 is 4.79. The van der Waals surface area contributed by atoms with Crippen LogP contribution in [0.1, 0.15) is 15.9 Å². The highest BCUT2D eigenvalue weighted by atomic mass is 35.5. The molecule has 2 aromatic carbocycles. The fraction of sp³-hybridized carbons (Fsp3) is 0.273. The van der Waals surface area contributed by atoms with E-state index >= 15 is 0 Å². The Morgan fingerprint density at radius 1 is 1.16 bits per heavy atom. The van der Waals surface area contributed by atoms with Crippen molar-refractivity contribution in [1.82, 2.24) is 4.90 Å². The van der Waals surface area contributed by atoms with Gasteiger partial charge < -0.3 is 19.9 Å². The van der Waals surface area contributed by atoms with Crippen LogP contribution in [-0.4, -0.2) is 62.0 Å². The summed E-state index contributed by atoms with van der Waals surface area (Å²) in [5.41, 5.74) is 1.82. The number of ether oxygens (including phenoxy) is 1. The summed E-state index contributed by atoms with van der Waals surface area (Å²) in [6, 6.07) is 9.31. The molecule has 1 heterocycles. The minimum atomic E-state index is -0.583. The fourth-order valence-electron chi connectivity index (χ4n) is 3.32. The SMILES string of the molecule is COC(=O)c1ccc(N2CCN(C)CC2)c(NC(=O)/C=C/c2ccc(Cl)c([N+](=O)[O-])c2)c1. The molecular weight excluding hydrogens is 436 g/mol. The van der Waals surface area contributed by atoms with Crippen molar-refractivity contribution in [1.29, 1.82) is 0 Å². The first-order chi connectivity index (χ1) is 15.3. The van der Waals surface area contributed by atoms with Crippen molar-refractivity contribution >= 4 is 46.6 Å². The number of esters is 1. The van der Waals surface area contributed by atoms with E-state index in [4.69, 9.17) is 16.3 Å². The molecule has 1 aliphatic rings. The number of hydrogen-bond donors (Lipinski definition) is 1. The molecule has 3 rings (SSSR count). The van der Waals surface area contributed by atoms with Gasteiger partial charge in [0.2, 0.25) is 5.91 Å². The number of hydrogen-bond acceptors (Lipinski definition) is 7. The topological polar surface area (TPSA) is 105 Å². The van der Waals surface area contributed by atoms with Gasteiger partial charge in [0, 0.05) is 38.3 Å². The van der Waals surface area contributed by atoms with Crippen LogP contribution in [0.25, 0.3) is 6.08 Å². The molecule has 0 aliphatic carbocycles. The van der Waals surface area contributed by atoms with Gasteiger partial charge in [-0.05, 0) is 43.0 Å². The number of anilines is 2. The van der Waals surface area contributed by atoms with Gasteiger partial charge in [-0.1, -0.05) is 17.7 Å². The highest BCUT2D eigenvalue weighted by Gasteiger charge is 2.19. The molecule has 10 heteroatoms. The molecule has 0 saturated carbocycles. The summed E-state index contributed by atoms with van der Waals surface area (Å²) in [5.74, 6) is -0.950. The number of carbonyl (C=O) groups excluding carboxylic acids is 2. The minimum Gasteiger partial charge on any atom is -0.465 e. The number of carbonyl (C=O) groups is 2. The summed E-state index contributed by atoms with van der Waals surface area (Å²) in [6.45, 7) is 3.31. The number of amides is 1. The van der Waals surface area contributed by atoms with Gasteiger partial charge in [-0.25, -0.2) is 4.79 Å². The molecule has 168 valence electrons. The second-order valence-electron chi connectivity index (χ2n) is 7.30. The lowest BCUT2D eigenvalue weighted by atomic mass is 10.1. The fourth-order valence-corrected chi connectivity index (χ4v) is 3.51. The van der Waals surface area contributed by atoms with Gasteiger partial charge >= 0.3 is 5.97 Å². The maximum atomic E-state index is 12.6. The molecule has 0 atom stereocenters. The Morgan fingerprint density at radius 2 is 1.88 bits per heavy atom. The first kappa shape index (κ1) is 23.2. The molecular formula is C22H23ClN4O5. The molecule has 0 aromatic heterocycles.